The first-order chi connectivity index (χ1) is 6.56. The van der Waals surface area contributed by atoms with Gasteiger partial charge in [0.2, 0.25) is 0 Å². The number of nitrogens with one attached hydrogen (secondary N) is 1. The minimum Gasteiger partial charge on any atom is -0.380 e. The Hall–Kier alpha value is -0.840. The summed E-state index contributed by atoms with van der Waals surface area (Å²) in [5, 5.41) is 7.16. The van der Waals surface area contributed by atoms with Crippen LogP contribution in [0.25, 0.3) is 0 Å². The molecule has 0 aromatic carbocycles. The molecule has 0 unspecified atom stereocenters. The third kappa shape index (κ3) is 2.35. The highest BCUT2D eigenvalue weighted by Gasteiger charge is 2.07. The van der Waals surface area contributed by atoms with Crippen LogP contribution in [0.1, 0.15) is 20.8 Å². The standard InChI is InChI=1S/C9H14BrN3O/c1-4-13-9(14)8(10)7(5-11-13)12-6(2)3/h5-6,12H,4H2,1-3H3. The average Bonchev–Trinajstić information content (AvgIpc) is 2.13. The zero-order valence-electron chi connectivity index (χ0n) is 8.54. The summed E-state index contributed by atoms with van der Waals surface area (Å²) in [6, 6.07) is 0.282. The van der Waals surface area contributed by atoms with Gasteiger partial charge in [0, 0.05) is 12.6 Å². The fourth-order valence-electron chi connectivity index (χ4n) is 1.10. The van der Waals surface area contributed by atoms with Crippen molar-refractivity contribution in [1.29, 1.82) is 0 Å². The largest absolute Gasteiger partial charge is 0.380 e. The summed E-state index contributed by atoms with van der Waals surface area (Å²) in [5.41, 5.74) is 0.646. The number of aromatic nitrogens is 2. The second kappa shape index (κ2) is 4.59. The highest BCUT2D eigenvalue weighted by Crippen LogP contribution is 2.16. The molecule has 0 bridgehead atoms. The van der Waals surface area contributed by atoms with Crippen molar-refractivity contribution >= 4 is 21.6 Å². The Morgan fingerprint density at radius 3 is 2.79 bits per heavy atom. The van der Waals surface area contributed by atoms with Crippen LogP contribution in [-0.4, -0.2) is 15.8 Å². The lowest BCUT2D eigenvalue weighted by molar-refractivity contribution is 0.612. The number of nitrogens with zero attached hydrogens (tertiary/aromatic N) is 2. The second-order valence-electron chi connectivity index (χ2n) is 3.29. The van der Waals surface area contributed by atoms with Crippen LogP contribution in [0.4, 0.5) is 5.69 Å². The molecule has 0 amide bonds. The smallest absolute Gasteiger partial charge is 0.283 e. The number of aryl methyl sites for hydroxylation is 1. The molecule has 4 nitrogen and oxygen atoms in total. The molecule has 5 heteroatoms. The van der Waals surface area contributed by atoms with E-state index in [1.54, 1.807) is 6.20 Å². The SMILES string of the molecule is CCn1ncc(NC(C)C)c(Br)c1=O. The van der Waals surface area contributed by atoms with E-state index in [2.05, 4.69) is 26.3 Å². The molecule has 1 N–H and O–H groups in total. The number of halogens is 1. The van der Waals surface area contributed by atoms with Crippen LogP contribution in [0.2, 0.25) is 0 Å². The second-order valence-corrected chi connectivity index (χ2v) is 4.09. The molecule has 14 heavy (non-hydrogen) atoms. The van der Waals surface area contributed by atoms with E-state index in [-0.39, 0.29) is 11.6 Å². The summed E-state index contributed by atoms with van der Waals surface area (Å²) in [7, 11) is 0. The van der Waals surface area contributed by atoms with Gasteiger partial charge in [-0.2, -0.15) is 5.10 Å². The van der Waals surface area contributed by atoms with Crippen molar-refractivity contribution < 1.29 is 0 Å². The van der Waals surface area contributed by atoms with E-state index >= 15 is 0 Å². The summed E-state index contributed by atoms with van der Waals surface area (Å²) in [6.07, 6.45) is 1.66. The van der Waals surface area contributed by atoms with Crippen molar-refractivity contribution in [2.75, 3.05) is 5.32 Å². The molecule has 0 radical (unpaired) electrons. The lowest BCUT2D eigenvalue weighted by atomic mass is 10.3. The highest BCUT2D eigenvalue weighted by atomic mass is 79.9. The van der Waals surface area contributed by atoms with Crippen molar-refractivity contribution in [3.05, 3.63) is 21.0 Å². The summed E-state index contributed by atoms with van der Waals surface area (Å²) >= 11 is 3.26. The maximum absolute atomic E-state index is 11.6. The molecule has 0 aliphatic carbocycles. The van der Waals surface area contributed by atoms with Crippen LogP contribution in [0.5, 0.6) is 0 Å². The van der Waals surface area contributed by atoms with Crippen molar-refractivity contribution in [2.45, 2.75) is 33.4 Å². The molecule has 1 aromatic heterocycles. The maximum Gasteiger partial charge on any atom is 0.283 e. The van der Waals surface area contributed by atoms with Crippen LogP contribution in [0.15, 0.2) is 15.5 Å². The van der Waals surface area contributed by atoms with Crippen LogP contribution < -0.4 is 10.9 Å². The van der Waals surface area contributed by atoms with Crippen molar-refractivity contribution in [2.24, 2.45) is 0 Å². The Labute approximate surface area is 91.5 Å². The molecule has 0 saturated heterocycles. The molecular weight excluding hydrogens is 246 g/mol. The van der Waals surface area contributed by atoms with Gasteiger partial charge in [-0.05, 0) is 36.7 Å². The molecule has 1 rings (SSSR count). The van der Waals surface area contributed by atoms with E-state index in [0.717, 1.165) is 5.69 Å². The molecule has 1 aromatic rings. The predicted molar refractivity (Wildman–Crippen MR) is 60.6 cm³/mol. The first-order valence-electron chi connectivity index (χ1n) is 4.58. The van der Waals surface area contributed by atoms with Crippen molar-refractivity contribution in [1.82, 2.24) is 9.78 Å². The summed E-state index contributed by atoms with van der Waals surface area (Å²) in [6.45, 7) is 6.49. The molecule has 0 aliphatic rings. The zero-order chi connectivity index (χ0) is 10.7. The van der Waals surface area contributed by atoms with Gasteiger partial charge in [-0.25, -0.2) is 4.68 Å². The van der Waals surface area contributed by atoms with Crippen LogP contribution in [0.3, 0.4) is 0 Å². The van der Waals surface area contributed by atoms with E-state index in [4.69, 9.17) is 0 Å². The molecule has 0 spiro atoms. The number of rotatable bonds is 3. The van der Waals surface area contributed by atoms with Gasteiger partial charge < -0.3 is 5.32 Å². The van der Waals surface area contributed by atoms with Gasteiger partial charge in [-0.15, -0.1) is 0 Å². The summed E-state index contributed by atoms with van der Waals surface area (Å²) in [5.74, 6) is 0. The minimum absolute atomic E-state index is 0.0989. The molecule has 0 fully saturated rings. The lowest BCUT2D eigenvalue weighted by Crippen LogP contribution is -2.24. The van der Waals surface area contributed by atoms with Gasteiger partial charge in [0.05, 0.1) is 11.9 Å². The van der Waals surface area contributed by atoms with Gasteiger partial charge in [-0.1, -0.05) is 0 Å². The van der Waals surface area contributed by atoms with E-state index in [9.17, 15) is 4.79 Å². The quantitative estimate of drug-likeness (QED) is 0.902. The van der Waals surface area contributed by atoms with Crippen LogP contribution in [-0.2, 0) is 6.54 Å². The molecule has 78 valence electrons. The summed E-state index contributed by atoms with van der Waals surface area (Å²) < 4.78 is 1.96. The highest BCUT2D eigenvalue weighted by molar-refractivity contribution is 9.10. The van der Waals surface area contributed by atoms with Gasteiger partial charge in [-0.3, -0.25) is 4.79 Å². The van der Waals surface area contributed by atoms with Gasteiger partial charge >= 0.3 is 0 Å². The summed E-state index contributed by atoms with van der Waals surface area (Å²) in [4.78, 5) is 11.6. The number of hydrogen-bond donors (Lipinski definition) is 1. The number of anilines is 1. The Morgan fingerprint density at radius 2 is 2.29 bits per heavy atom. The molecule has 0 atom stereocenters. The Balaban J connectivity index is 3.11. The van der Waals surface area contributed by atoms with Crippen molar-refractivity contribution in [3.63, 3.8) is 0 Å². The fraction of sp³-hybridized carbons (Fsp3) is 0.556. The maximum atomic E-state index is 11.6. The van der Waals surface area contributed by atoms with Gasteiger partial charge in [0.25, 0.3) is 5.56 Å². The minimum atomic E-state index is -0.0989. The first-order valence-corrected chi connectivity index (χ1v) is 5.37. The Bertz CT molecular complexity index is 373. The van der Waals surface area contributed by atoms with Crippen LogP contribution >= 0.6 is 15.9 Å². The van der Waals surface area contributed by atoms with E-state index in [0.29, 0.717) is 11.0 Å². The Kier molecular flexibility index (Phi) is 3.69. The molecule has 0 aliphatic heterocycles. The fourth-order valence-corrected chi connectivity index (χ4v) is 1.52. The van der Waals surface area contributed by atoms with Gasteiger partial charge in [0.15, 0.2) is 0 Å². The third-order valence-corrected chi connectivity index (χ3v) is 2.49. The number of hydrogen-bond acceptors (Lipinski definition) is 3. The predicted octanol–water partition coefficient (Wildman–Crippen LogP) is 1.85. The van der Waals surface area contributed by atoms with E-state index < -0.39 is 0 Å². The van der Waals surface area contributed by atoms with E-state index in [1.807, 2.05) is 20.8 Å². The molecular formula is C9H14BrN3O. The van der Waals surface area contributed by atoms with E-state index in [1.165, 1.54) is 4.68 Å². The Morgan fingerprint density at radius 1 is 1.64 bits per heavy atom. The normalized spacial score (nSPS) is 10.6. The van der Waals surface area contributed by atoms with Crippen LogP contribution in [0, 0.1) is 0 Å². The third-order valence-electron chi connectivity index (χ3n) is 1.73. The first kappa shape index (κ1) is 11.2. The lowest BCUT2D eigenvalue weighted by Gasteiger charge is -2.11. The topological polar surface area (TPSA) is 46.9 Å². The molecule has 1 heterocycles. The monoisotopic (exact) mass is 259 g/mol. The average molecular weight is 260 g/mol. The zero-order valence-corrected chi connectivity index (χ0v) is 10.1. The molecule has 0 saturated carbocycles. The van der Waals surface area contributed by atoms with Crippen molar-refractivity contribution in [3.8, 4) is 0 Å². The van der Waals surface area contributed by atoms with Gasteiger partial charge in [0.1, 0.15) is 4.47 Å².